The Morgan fingerprint density at radius 3 is 2.46 bits per heavy atom. The number of nitrogens with zero attached hydrogens (tertiary/aromatic N) is 1. The molecule has 0 amide bonds. The summed E-state index contributed by atoms with van der Waals surface area (Å²) in [5.41, 5.74) is 10.6. The minimum absolute atomic E-state index is 0.132. The number of aliphatic hydroxyl groups excluding tert-OH is 1. The number of nitrogens with two attached hydrogens (primary N) is 1. The van der Waals surface area contributed by atoms with Crippen molar-refractivity contribution in [3.63, 3.8) is 0 Å². The molecule has 4 heteroatoms. The van der Waals surface area contributed by atoms with E-state index in [1.165, 1.54) is 12.1 Å². The summed E-state index contributed by atoms with van der Waals surface area (Å²) in [6.07, 6.45) is 0. The Bertz CT molecular complexity index is 788. The Kier molecular flexibility index (Phi) is 5.86. The summed E-state index contributed by atoms with van der Waals surface area (Å²) in [5.74, 6) is -0.169. The molecule has 0 saturated carbocycles. The molecule has 0 heterocycles. The van der Waals surface area contributed by atoms with Gasteiger partial charge in [0.25, 0.3) is 0 Å². The molecule has 1 atom stereocenters. The summed E-state index contributed by atoms with van der Waals surface area (Å²) in [6, 6.07) is 13.6. The maximum atomic E-state index is 13.3. The predicted molar refractivity (Wildman–Crippen MR) is 93.4 cm³/mol. The Morgan fingerprint density at radius 1 is 1.25 bits per heavy atom. The minimum Gasteiger partial charge on any atom is -0.392 e. The second-order valence-corrected chi connectivity index (χ2v) is 5.84. The first-order valence-electron chi connectivity index (χ1n) is 7.82. The first-order chi connectivity index (χ1) is 11.5. The van der Waals surface area contributed by atoms with E-state index in [2.05, 4.69) is 6.07 Å². The zero-order chi connectivity index (χ0) is 17.7. The summed E-state index contributed by atoms with van der Waals surface area (Å²) in [5, 5.41) is 18.8. The molecule has 0 radical (unpaired) electrons. The third-order valence-corrected chi connectivity index (χ3v) is 4.29. The Hall–Kier alpha value is -2.48. The van der Waals surface area contributed by atoms with E-state index in [1.54, 1.807) is 24.3 Å². The maximum Gasteiger partial charge on any atom is 0.123 e. The number of nitriles is 1. The third-order valence-electron chi connectivity index (χ3n) is 4.29. The van der Waals surface area contributed by atoms with Gasteiger partial charge in [-0.25, -0.2) is 4.39 Å². The first-order valence-corrected chi connectivity index (χ1v) is 7.82. The second kappa shape index (κ2) is 7.87. The lowest BCUT2D eigenvalue weighted by Gasteiger charge is -2.20. The van der Waals surface area contributed by atoms with Crippen LogP contribution in [0.25, 0.3) is 5.57 Å². The monoisotopic (exact) mass is 324 g/mol. The maximum absolute atomic E-state index is 13.3. The number of hydrogen-bond donors (Lipinski definition) is 2. The Labute approximate surface area is 141 Å². The quantitative estimate of drug-likeness (QED) is 0.882. The van der Waals surface area contributed by atoms with E-state index in [1.807, 2.05) is 19.9 Å². The topological polar surface area (TPSA) is 70.0 Å². The fourth-order valence-corrected chi connectivity index (χ4v) is 2.67. The molecule has 2 aromatic carbocycles. The van der Waals surface area contributed by atoms with E-state index in [4.69, 9.17) is 11.0 Å². The second-order valence-electron chi connectivity index (χ2n) is 5.84. The number of hydrogen-bond acceptors (Lipinski definition) is 3. The molecule has 3 nitrogen and oxygen atoms in total. The van der Waals surface area contributed by atoms with Crippen LogP contribution in [0.3, 0.4) is 0 Å². The minimum atomic E-state index is -0.301. The first kappa shape index (κ1) is 17.9. The molecule has 0 fully saturated rings. The fourth-order valence-electron chi connectivity index (χ4n) is 2.67. The smallest absolute Gasteiger partial charge is 0.123 e. The van der Waals surface area contributed by atoms with Gasteiger partial charge in [0.15, 0.2) is 0 Å². The molecule has 3 N–H and O–H groups in total. The van der Waals surface area contributed by atoms with Crippen LogP contribution in [0.5, 0.6) is 0 Å². The molecule has 2 aromatic rings. The average Bonchev–Trinajstić information content (AvgIpc) is 2.62. The van der Waals surface area contributed by atoms with E-state index >= 15 is 0 Å². The van der Waals surface area contributed by atoms with Crippen molar-refractivity contribution in [1.82, 2.24) is 0 Å². The zero-order valence-electron chi connectivity index (χ0n) is 13.9. The highest BCUT2D eigenvalue weighted by molar-refractivity contribution is 5.84. The molecule has 124 valence electrons. The van der Waals surface area contributed by atoms with Crippen molar-refractivity contribution >= 4 is 5.57 Å². The molecule has 0 aliphatic rings. The van der Waals surface area contributed by atoms with Crippen LogP contribution in [0.15, 0.2) is 48.0 Å². The van der Waals surface area contributed by atoms with Gasteiger partial charge < -0.3 is 10.8 Å². The summed E-state index contributed by atoms with van der Waals surface area (Å²) in [4.78, 5) is 0. The lowest BCUT2D eigenvalue weighted by atomic mass is 9.85. The highest BCUT2D eigenvalue weighted by Gasteiger charge is 2.16. The van der Waals surface area contributed by atoms with Crippen LogP contribution >= 0.6 is 0 Å². The average molecular weight is 324 g/mol. The van der Waals surface area contributed by atoms with Gasteiger partial charge in [-0.3, -0.25) is 0 Å². The van der Waals surface area contributed by atoms with E-state index in [0.717, 1.165) is 22.3 Å². The van der Waals surface area contributed by atoms with Gasteiger partial charge in [-0.05, 0) is 65.9 Å². The largest absolute Gasteiger partial charge is 0.392 e. The highest BCUT2D eigenvalue weighted by Crippen LogP contribution is 2.33. The summed E-state index contributed by atoms with van der Waals surface area (Å²) in [6.45, 7) is 4.33. The molecule has 0 bridgehead atoms. The molecule has 24 heavy (non-hydrogen) atoms. The van der Waals surface area contributed by atoms with E-state index in [0.29, 0.717) is 17.7 Å². The number of halogens is 1. The van der Waals surface area contributed by atoms with Crippen molar-refractivity contribution < 1.29 is 9.50 Å². The molecular formula is C20H21FN2O. The molecule has 1 unspecified atom stereocenters. The number of benzene rings is 2. The van der Waals surface area contributed by atoms with Crippen molar-refractivity contribution in [2.24, 2.45) is 11.7 Å². The van der Waals surface area contributed by atoms with Gasteiger partial charge in [0.1, 0.15) is 5.82 Å². The third kappa shape index (κ3) is 3.70. The normalized spacial score (nSPS) is 13.2. The van der Waals surface area contributed by atoms with Crippen molar-refractivity contribution in [3.8, 4) is 6.07 Å². The number of aliphatic hydroxyl groups is 1. The van der Waals surface area contributed by atoms with Crippen molar-refractivity contribution in [1.29, 1.82) is 5.26 Å². The van der Waals surface area contributed by atoms with Crippen molar-refractivity contribution in [3.05, 3.63) is 76.1 Å². The van der Waals surface area contributed by atoms with Crippen LogP contribution < -0.4 is 5.73 Å². The van der Waals surface area contributed by atoms with E-state index < -0.39 is 0 Å². The van der Waals surface area contributed by atoms with Crippen LogP contribution in [0, 0.1) is 23.1 Å². The molecule has 0 aromatic heterocycles. The highest BCUT2D eigenvalue weighted by atomic mass is 19.1. The summed E-state index contributed by atoms with van der Waals surface area (Å²) in [7, 11) is 0. The summed E-state index contributed by atoms with van der Waals surface area (Å²) >= 11 is 0. The number of rotatable bonds is 5. The lowest BCUT2D eigenvalue weighted by molar-refractivity contribution is 0.281. The van der Waals surface area contributed by atoms with Gasteiger partial charge in [-0.2, -0.15) is 5.26 Å². The zero-order valence-corrected chi connectivity index (χ0v) is 13.9. The SMILES string of the molecule is CC(=C(c1ccc(F)cc1)c1ccc(C#N)cc1CO)C(C)CN. The van der Waals surface area contributed by atoms with Crippen LogP contribution in [-0.2, 0) is 6.61 Å². The molecule has 0 aliphatic heterocycles. The molecule has 0 spiro atoms. The van der Waals surface area contributed by atoms with Gasteiger partial charge >= 0.3 is 0 Å². The van der Waals surface area contributed by atoms with Crippen LogP contribution in [-0.4, -0.2) is 11.7 Å². The predicted octanol–water partition coefficient (Wildman–Crippen LogP) is 3.61. The van der Waals surface area contributed by atoms with Gasteiger partial charge in [-0.1, -0.05) is 30.7 Å². The molecule has 0 saturated heterocycles. The van der Waals surface area contributed by atoms with Gasteiger partial charge in [0, 0.05) is 0 Å². The fraction of sp³-hybridized carbons (Fsp3) is 0.250. The molecular weight excluding hydrogens is 303 g/mol. The van der Waals surface area contributed by atoms with Crippen molar-refractivity contribution in [2.75, 3.05) is 6.54 Å². The van der Waals surface area contributed by atoms with Gasteiger partial charge in [-0.15, -0.1) is 0 Å². The Morgan fingerprint density at radius 2 is 1.92 bits per heavy atom. The van der Waals surface area contributed by atoms with Gasteiger partial charge in [0.2, 0.25) is 0 Å². The standard InChI is InChI=1S/C20H21FN2O/c1-13(10-22)14(2)20(16-4-6-18(21)7-5-16)19-8-3-15(11-23)9-17(19)12-24/h3-9,13,24H,10,12,22H2,1-2H3. The van der Waals surface area contributed by atoms with Crippen LogP contribution in [0.2, 0.25) is 0 Å². The van der Waals surface area contributed by atoms with E-state index in [-0.39, 0.29) is 18.3 Å². The Balaban J connectivity index is 2.72. The molecule has 2 rings (SSSR count). The van der Waals surface area contributed by atoms with Crippen LogP contribution in [0.1, 0.15) is 36.1 Å². The summed E-state index contributed by atoms with van der Waals surface area (Å²) < 4.78 is 13.3. The van der Waals surface area contributed by atoms with Crippen LogP contribution in [0.4, 0.5) is 4.39 Å². The van der Waals surface area contributed by atoms with E-state index in [9.17, 15) is 9.50 Å². The molecule has 0 aliphatic carbocycles. The van der Waals surface area contributed by atoms with Gasteiger partial charge in [0.05, 0.1) is 18.2 Å². The van der Waals surface area contributed by atoms with Crippen molar-refractivity contribution in [2.45, 2.75) is 20.5 Å². The lowest BCUT2D eigenvalue weighted by Crippen LogP contribution is -2.14.